The number of rotatable bonds is 12. The lowest BCUT2D eigenvalue weighted by atomic mass is 9.91. The second-order valence-corrected chi connectivity index (χ2v) is 12.7. The first kappa shape index (κ1) is 34.3. The van der Waals surface area contributed by atoms with Crippen molar-refractivity contribution in [3.05, 3.63) is 48.0 Å². The van der Waals surface area contributed by atoms with Crippen LogP contribution in [-0.2, 0) is 35.1 Å². The molecule has 0 aromatic heterocycles. The van der Waals surface area contributed by atoms with E-state index < -0.39 is 53.5 Å². The van der Waals surface area contributed by atoms with E-state index in [0.29, 0.717) is 13.0 Å². The summed E-state index contributed by atoms with van der Waals surface area (Å²) in [6, 6.07) is 10.3. The summed E-state index contributed by atoms with van der Waals surface area (Å²) in [4.78, 5) is 65.2. The first-order valence-corrected chi connectivity index (χ1v) is 15.2. The lowest BCUT2D eigenvalue weighted by Gasteiger charge is -2.28. The Balaban J connectivity index is 1.84. The van der Waals surface area contributed by atoms with Gasteiger partial charge in [0.15, 0.2) is 0 Å². The highest BCUT2D eigenvalue weighted by Gasteiger charge is 2.34. The molecule has 44 heavy (non-hydrogen) atoms. The predicted octanol–water partition coefficient (Wildman–Crippen LogP) is 3.38. The van der Waals surface area contributed by atoms with E-state index in [-0.39, 0.29) is 31.1 Å². The molecule has 11 heteroatoms. The molecular weight excluding hydrogens is 564 g/mol. The topological polar surface area (TPSA) is 152 Å². The van der Waals surface area contributed by atoms with Crippen molar-refractivity contribution in [2.75, 3.05) is 13.7 Å². The first-order valence-electron chi connectivity index (χ1n) is 15.2. The monoisotopic (exact) mass is 610 g/mol. The number of alkyl carbamates (subject to hydrolysis) is 1. The Morgan fingerprint density at radius 3 is 2.25 bits per heavy atom. The number of carbonyl (C=O) groups excluding carboxylic acids is 5. The van der Waals surface area contributed by atoms with Crippen LogP contribution >= 0.6 is 0 Å². The fourth-order valence-corrected chi connectivity index (χ4v) is 5.30. The standard InChI is InChI=1S/C33H46N4O7/c1-20(2)17-25(29(39)36-27(31(41)43-6)19-23-14-10-16-34-28(23)38)35-30(40)26(37-32(42)44-33(3,4)5)18-22-13-9-12-21-11-7-8-15-24(21)22/h7-9,11-13,15,20,23,25-27H,10,14,16-19H2,1-6H3,(H,34,38)(H,35,40)(H,36,39)(H,37,42)/t23-,25-,26?,27-/m0/s1. The first-order chi connectivity index (χ1) is 20.8. The second-order valence-electron chi connectivity index (χ2n) is 12.7. The zero-order chi connectivity index (χ0) is 32.4. The largest absolute Gasteiger partial charge is 0.467 e. The van der Waals surface area contributed by atoms with Crippen molar-refractivity contribution in [2.24, 2.45) is 11.8 Å². The Morgan fingerprint density at radius 1 is 0.932 bits per heavy atom. The van der Waals surface area contributed by atoms with Crippen LogP contribution < -0.4 is 21.3 Å². The van der Waals surface area contributed by atoms with Gasteiger partial charge >= 0.3 is 12.1 Å². The van der Waals surface area contributed by atoms with E-state index in [4.69, 9.17) is 9.47 Å². The molecule has 2 aromatic rings. The molecule has 4 amide bonds. The van der Waals surface area contributed by atoms with Gasteiger partial charge in [0.05, 0.1) is 7.11 Å². The summed E-state index contributed by atoms with van der Waals surface area (Å²) in [7, 11) is 1.22. The number of hydrogen-bond donors (Lipinski definition) is 4. The number of ether oxygens (including phenoxy) is 2. The number of methoxy groups -OCH3 is 1. The highest BCUT2D eigenvalue weighted by Crippen LogP contribution is 2.21. The summed E-state index contributed by atoms with van der Waals surface area (Å²) >= 11 is 0. The molecular formula is C33H46N4O7. The lowest BCUT2D eigenvalue weighted by molar-refractivity contribution is -0.146. The predicted molar refractivity (Wildman–Crippen MR) is 166 cm³/mol. The van der Waals surface area contributed by atoms with Crippen molar-refractivity contribution in [3.8, 4) is 0 Å². The SMILES string of the molecule is COC(=O)[C@H](C[C@@H]1CCCNC1=O)NC(=O)[C@H](CC(C)C)NC(=O)C(Cc1cccc2ccccc12)NC(=O)OC(C)(C)C. The van der Waals surface area contributed by atoms with Gasteiger partial charge in [-0.25, -0.2) is 9.59 Å². The third-order valence-corrected chi connectivity index (χ3v) is 7.37. The van der Waals surface area contributed by atoms with Crippen molar-refractivity contribution < 1.29 is 33.4 Å². The van der Waals surface area contributed by atoms with Crippen LogP contribution in [0.3, 0.4) is 0 Å². The van der Waals surface area contributed by atoms with E-state index in [9.17, 15) is 24.0 Å². The molecule has 1 aliphatic heterocycles. The summed E-state index contributed by atoms with van der Waals surface area (Å²) in [5.41, 5.74) is 0.0450. The molecule has 11 nitrogen and oxygen atoms in total. The number of fused-ring (bicyclic) bond motifs is 1. The Morgan fingerprint density at radius 2 is 1.59 bits per heavy atom. The van der Waals surface area contributed by atoms with E-state index in [1.165, 1.54) is 7.11 Å². The maximum absolute atomic E-state index is 13.8. The summed E-state index contributed by atoms with van der Waals surface area (Å²) in [6.07, 6.45) is 1.09. The van der Waals surface area contributed by atoms with Gasteiger partial charge in [-0.15, -0.1) is 0 Å². The van der Waals surface area contributed by atoms with Crippen molar-refractivity contribution >= 4 is 40.6 Å². The smallest absolute Gasteiger partial charge is 0.408 e. The molecule has 1 saturated heterocycles. The molecule has 2 aromatic carbocycles. The second kappa shape index (κ2) is 15.5. The van der Waals surface area contributed by atoms with E-state index >= 15 is 0 Å². The lowest BCUT2D eigenvalue weighted by Crippen LogP contribution is -2.57. The maximum Gasteiger partial charge on any atom is 0.408 e. The van der Waals surface area contributed by atoms with Crippen LogP contribution in [0, 0.1) is 11.8 Å². The number of piperidine rings is 1. The van der Waals surface area contributed by atoms with E-state index in [2.05, 4.69) is 21.3 Å². The van der Waals surface area contributed by atoms with Gasteiger partial charge in [0.25, 0.3) is 0 Å². The van der Waals surface area contributed by atoms with Gasteiger partial charge in [0.1, 0.15) is 23.7 Å². The number of amides is 4. The average molecular weight is 611 g/mol. The molecule has 1 aliphatic rings. The minimum atomic E-state index is -1.07. The van der Waals surface area contributed by atoms with Crippen LogP contribution in [0.1, 0.15) is 65.9 Å². The molecule has 0 radical (unpaired) electrons. The molecule has 0 spiro atoms. The number of nitrogens with one attached hydrogen (secondary N) is 4. The zero-order valence-electron chi connectivity index (χ0n) is 26.5. The van der Waals surface area contributed by atoms with Crippen LogP contribution in [-0.4, -0.2) is 67.2 Å². The minimum absolute atomic E-state index is 0.00193. The Bertz CT molecular complexity index is 1330. The Kier molecular flexibility index (Phi) is 12.1. The molecule has 1 unspecified atom stereocenters. The van der Waals surface area contributed by atoms with Gasteiger partial charge < -0.3 is 30.7 Å². The van der Waals surface area contributed by atoms with Crippen molar-refractivity contribution in [1.29, 1.82) is 0 Å². The van der Waals surface area contributed by atoms with Gasteiger partial charge in [-0.1, -0.05) is 56.3 Å². The quantitative estimate of drug-likeness (QED) is 0.269. The number of hydrogen-bond acceptors (Lipinski definition) is 7. The third kappa shape index (κ3) is 10.2. The Hall–Kier alpha value is -4.15. The summed E-state index contributed by atoms with van der Waals surface area (Å²) < 4.78 is 10.4. The maximum atomic E-state index is 13.8. The van der Waals surface area contributed by atoms with E-state index in [0.717, 1.165) is 22.8 Å². The van der Waals surface area contributed by atoms with Crippen molar-refractivity contribution in [1.82, 2.24) is 21.3 Å². The molecule has 4 N–H and O–H groups in total. The van der Waals surface area contributed by atoms with Gasteiger partial charge in [-0.3, -0.25) is 14.4 Å². The summed E-state index contributed by atoms with van der Waals surface area (Å²) in [5.74, 6) is -2.45. The van der Waals surface area contributed by atoms with E-state index in [1.807, 2.05) is 56.3 Å². The van der Waals surface area contributed by atoms with E-state index in [1.54, 1.807) is 20.8 Å². The summed E-state index contributed by atoms with van der Waals surface area (Å²) in [5, 5.41) is 12.9. The fraction of sp³-hybridized carbons (Fsp3) is 0.545. The third-order valence-electron chi connectivity index (χ3n) is 7.37. The number of carbonyl (C=O) groups is 5. The van der Waals surface area contributed by atoms with Gasteiger partial charge in [0, 0.05) is 18.9 Å². The molecule has 0 saturated carbocycles. The molecule has 1 heterocycles. The van der Waals surface area contributed by atoms with Crippen LogP contribution in [0.25, 0.3) is 10.8 Å². The minimum Gasteiger partial charge on any atom is -0.467 e. The van der Waals surface area contributed by atoms with Gasteiger partial charge in [0.2, 0.25) is 17.7 Å². The average Bonchev–Trinajstić information content (AvgIpc) is 2.95. The molecule has 4 atom stereocenters. The number of benzene rings is 2. The number of esters is 1. The van der Waals surface area contributed by atoms with Crippen LogP contribution in [0.4, 0.5) is 4.79 Å². The highest BCUT2D eigenvalue weighted by molar-refractivity contribution is 5.94. The molecule has 3 rings (SSSR count). The van der Waals surface area contributed by atoms with Crippen LogP contribution in [0.5, 0.6) is 0 Å². The van der Waals surface area contributed by atoms with Crippen LogP contribution in [0.15, 0.2) is 42.5 Å². The molecule has 240 valence electrons. The van der Waals surface area contributed by atoms with Gasteiger partial charge in [-0.2, -0.15) is 0 Å². The Labute approximate surface area is 259 Å². The van der Waals surface area contributed by atoms with Crippen molar-refractivity contribution in [2.45, 2.75) is 90.4 Å². The molecule has 0 bridgehead atoms. The zero-order valence-corrected chi connectivity index (χ0v) is 26.5. The van der Waals surface area contributed by atoms with Crippen molar-refractivity contribution in [3.63, 3.8) is 0 Å². The summed E-state index contributed by atoms with van der Waals surface area (Å²) in [6.45, 7) is 9.56. The fourth-order valence-electron chi connectivity index (χ4n) is 5.30. The molecule has 1 fully saturated rings. The van der Waals surface area contributed by atoms with Gasteiger partial charge in [-0.05, 0) is 68.7 Å². The normalized spacial score (nSPS) is 17.2. The highest BCUT2D eigenvalue weighted by atomic mass is 16.6. The molecule has 0 aliphatic carbocycles. The van der Waals surface area contributed by atoms with Crippen LogP contribution in [0.2, 0.25) is 0 Å².